The summed E-state index contributed by atoms with van der Waals surface area (Å²) in [6, 6.07) is 8.17. The molecule has 0 atom stereocenters. The summed E-state index contributed by atoms with van der Waals surface area (Å²) in [7, 11) is 0. The molecule has 1 aliphatic rings. The van der Waals surface area contributed by atoms with Crippen molar-refractivity contribution in [2.75, 3.05) is 6.54 Å². The summed E-state index contributed by atoms with van der Waals surface area (Å²) < 4.78 is 41.0. The first-order chi connectivity index (χ1) is 13.3. The minimum absolute atomic E-state index is 0.0887. The van der Waals surface area contributed by atoms with Crippen molar-refractivity contribution in [3.8, 4) is 0 Å². The zero-order valence-corrected chi connectivity index (χ0v) is 17.8. The molecule has 1 aliphatic carbocycles. The van der Waals surface area contributed by atoms with Gasteiger partial charge in [-0.25, -0.2) is 0 Å². The molecule has 1 aromatic heterocycles. The highest BCUT2D eigenvalue weighted by Crippen LogP contribution is 2.46. The molecule has 2 aromatic rings. The number of benzene rings is 1. The molecule has 9 heteroatoms. The van der Waals surface area contributed by atoms with E-state index in [4.69, 9.17) is 12.2 Å². The zero-order chi connectivity index (χ0) is 20.3. The highest BCUT2D eigenvalue weighted by molar-refractivity contribution is 9.10. The molecule has 152 valence electrons. The molecule has 0 bridgehead atoms. The van der Waals surface area contributed by atoms with Gasteiger partial charge in [0.05, 0.1) is 10.2 Å². The summed E-state index contributed by atoms with van der Waals surface area (Å²) >= 11 is 8.37. The van der Waals surface area contributed by atoms with Gasteiger partial charge in [0.1, 0.15) is 0 Å². The summed E-state index contributed by atoms with van der Waals surface area (Å²) in [5, 5.41) is 10.6. The summed E-state index contributed by atoms with van der Waals surface area (Å²) in [5.74, 6) is 0.170. The number of nitrogens with one attached hydrogen (secondary N) is 2. The van der Waals surface area contributed by atoms with Gasteiger partial charge in [0, 0.05) is 25.6 Å². The highest BCUT2D eigenvalue weighted by Gasteiger charge is 2.41. The molecule has 1 fully saturated rings. The Balaban J connectivity index is 1.47. The van der Waals surface area contributed by atoms with E-state index >= 15 is 0 Å². The molecule has 1 saturated carbocycles. The minimum Gasteiger partial charge on any atom is -0.363 e. The third kappa shape index (κ3) is 5.47. The number of aryl methyl sites for hydroxylation is 2. The maximum absolute atomic E-state index is 13.1. The normalized spacial score (nSPS) is 14.2. The maximum Gasteiger partial charge on any atom is 0.436 e. The van der Waals surface area contributed by atoms with E-state index in [2.05, 4.69) is 31.7 Å². The third-order valence-electron chi connectivity index (χ3n) is 4.57. The van der Waals surface area contributed by atoms with Crippen molar-refractivity contribution in [1.82, 2.24) is 20.4 Å². The van der Waals surface area contributed by atoms with E-state index in [1.807, 2.05) is 31.2 Å². The lowest BCUT2D eigenvalue weighted by atomic mass is 10.1. The van der Waals surface area contributed by atoms with Crippen LogP contribution < -0.4 is 10.6 Å². The molecule has 0 saturated heterocycles. The molecule has 4 nitrogen and oxygen atoms in total. The van der Waals surface area contributed by atoms with Crippen LogP contribution >= 0.6 is 28.1 Å². The van der Waals surface area contributed by atoms with Gasteiger partial charge < -0.3 is 10.6 Å². The molecule has 0 amide bonds. The number of hydrogen-bond acceptors (Lipinski definition) is 2. The Kier molecular flexibility index (Phi) is 6.65. The van der Waals surface area contributed by atoms with Gasteiger partial charge in [0.15, 0.2) is 10.8 Å². The van der Waals surface area contributed by atoms with Crippen LogP contribution in [0.25, 0.3) is 0 Å². The van der Waals surface area contributed by atoms with Gasteiger partial charge in [-0.3, -0.25) is 4.68 Å². The Bertz CT molecular complexity index is 829. The SMILES string of the molecule is Cc1ccc(CNC(=S)NCCCn2nc(C(F)(F)F)c(Br)c2C2CC2)cc1. The molecular weight excluding hydrogens is 453 g/mol. The standard InChI is InChI=1S/C19H22BrF3N4S/c1-12-3-5-13(6-4-12)11-25-18(28)24-9-2-10-27-16(14-7-8-14)15(20)17(26-27)19(21,22)23/h3-6,14H,2,7-11H2,1H3,(H2,24,25,28). The average molecular weight is 475 g/mol. The second kappa shape index (κ2) is 8.82. The van der Waals surface area contributed by atoms with E-state index in [9.17, 15) is 13.2 Å². The van der Waals surface area contributed by atoms with Crippen LogP contribution in [0.2, 0.25) is 0 Å². The number of hydrogen-bond donors (Lipinski definition) is 2. The van der Waals surface area contributed by atoms with Crippen LogP contribution in [0.1, 0.15) is 47.7 Å². The Labute approximate surface area is 176 Å². The number of thiocarbonyl (C=S) groups is 1. The molecule has 0 radical (unpaired) electrons. The van der Waals surface area contributed by atoms with Gasteiger partial charge in [-0.15, -0.1) is 0 Å². The highest BCUT2D eigenvalue weighted by atomic mass is 79.9. The predicted octanol–water partition coefficient (Wildman–Crippen LogP) is 4.90. The van der Waals surface area contributed by atoms with Crippen LogP contribution in [0.5, 0.6) is 0 Å². The largest absolute Gasteiger partial charge is 0.436 e. The molecule has 1 aromatic carbocycles. The van der Waals surface area contributed by atoms with Crippen molar-refractivity contribution in [3.63, 3.8) is 0 Å². The Hall–Kier alpha value is -1.61. The number of halogens is 4. The molecule has 0 spiro atoms. The molecular formula is C19H22BrF3N4S. The molecule has 0 aliphatic heterocycles. The van der Waals surface area contributed by atoms with Crippen LogP contribution in [-0.4, -0.2) is 21.4 Å². The van der Waals surface area contributed by atoms with Gasteiger partial charge >= 0.3 is 6.18 Å². The van der Waals surface area contributed by atoms with Gasteiger partial charge in [-0.1, -0.05) is 29.8 Å². The molecule has 28 heavy (non-hydrogen) atoms. The van der Waals surface area contributed by atoms with E-state index in [-0.39, 0.29) is 10.4 Å². The number of nitrogens with zero attached hydrogens (tertiary/aromatic N) is 2. The lowest BCUT2D eigenvalue weighted by molar-refractivity contribution is -0.142. The Morgan fingerprint density at radius 1 is 1.25 bits per heavy atom. The van der Waals surface area contributed by atoms with Gasteiger partial charge in [-0.2, -0.15) is 18.3 Å². The lowest BCUT2D eigenvalue weighted by Gasteiger charge is -2.11. The number of aromatic nitrogens is 2. The van der Waals surface area contributed by atoms with Crippen LogP contribution in [-0.2, 0) is 19.3 Å². The van der Waals surface area contributed by atoms with Crippen molar-refractivity contribution in [2.45, 2.75) is 51.4 Å². The van der Waals surface area contributed by atoms with E-state index in [1.165, 1.54) is 10.2 Å². The fourth-order valence-electron chi connectivity index (χ4n) is 2.93. The fourth-order valence-corrected chi connectivity index (χ4v) is 3.94. The molecule has 2 N–H and O–H groups in total. The summed E-state index contributed by atoms with van der Waals surface area (Å²) in [5.41, 5.74) is 2.16. The van der Waals surface area contributed by atoms with Crippen molar-refractivity contribution in [2.24, 2.45) is 0 Å². The van der Waals surface area contributed by atoms with Gasteiger partial charge in [-0.05, 0) is 59.9 Å². The first-order valence-corrected chi connectivity index (χ1v) is 10.4. The molecule has 1 heterocycles. The minimum atomic E-state index is -4.45. The second-order valence-electron chi connectivity index (χ2n) is 6.99. The van der Waals surface area contributed by atoms with E-state index in [0.29, 0.717) is 36.9 Å². The van der Waals surface area contributed by atoms with Crippen LogP contribution in [0.3, 0.4) is 0 Å². The average Bonchev–Trinajstić information content (AvgIpc) is 3.40. The summed E-state index contributed by atoms with van der Waals surface area (Å²) in [6.45, 7) is 3.63. The predicted molar refractivity (Wildman–Crippen MR) is 110 cm³/mol. The zero-order valence-electron chi connectivity index (χ0n) is 15.4. The Morgan fingerprint density at radius 2 is 1.93 bits per heavy atom. The van der Waals surface area contributed by atoms with Crippen molar-refractivity contribution >= 4 is 33.3 Å². The maximum atomic E-state index is 13.1. The number of rotatable bonds is 7. The van der Waals surface area contributed by atoms with Crippen molar-refractivity contribution in [3.05, 3.63) is 51.3 Å². The monoisotopic (exact) mass is 474 g/mol. The Morgan fingerprint density at radius 3 is 2.54 bits per heavy atom. The summed E-state index contributed by atoms with van der Waals surface area (Å²) in [4.78, 5) is 0. The topological polar surface area (TPSA) is 41.9 Å². The quantitative estimate of drug-likeness (QED) is 0.442. The fraction of sp³-hybridized carbons (Fsp3) is 0.474. The van der Waals surface area contributed by atoms with Gasteiger partial charge in [0.25, 0.3) is 0 Å². The number of alkyl halides is 3. The second-order valence-corrected chi connectivity index (χ2v) is 8.19. The first kappa shape index (κ1) is 21.1. The lowest BCUT2D eigenvalue weighted by Crippen LogP contribution is -2.35. The van der Waals surface area contributed by atoms with Crippen LogP contribution in [0.4, 0.5) is 13.2 Å². The van der Waals surface area contributed by atoms with Crippen molar-refractivity contribution in [1.29, 1.82) is 0 Å². The van der Waals surface area contributed by atoms with E-state index in [0.717, 1.165) is 18.4 Å². The smallest absolute Gasteiger partial charge is 0.363 e. The van der Waals surface area contributed by atoms with Crippen LogP contribution in [0.15, 0.2) is 28.7 Å². The van der Waals surface area contributed by atoms with E-state index in [1.54, 1.807) is 0 Å². The molecule has 0 unspecified atom stereocenters. The van der Waals surface area contributed by atoms with Crippen LogP contribution in [0, 0.1) is 6.92 Å². The third-order valence-corrected chi connectivity index (χ3v) is 5.64. The van der Waals surface area contributed by atoms with Crippen molar-refractivity contribution < 1.29 is 13.2 Å². The summed E-state index contributed by atoms with van der Waals surface area (Å²) in [6.07, 6.45) is -2.01. The van der Waals surface area contributed by atoms with E-state index < -0.39 is 11.9 Å². The molecule has 3 rings (SSSR count). The first-order valence-electron chi connectivity index (χ1n) is 9.16. The van der Waals surface area contributed by atoms with Gasteiger partial charge in [0.2, 0.25) is 0 Å².